The van der Waals surface area contributed by atoms with Gasteiger partial charge in [0.1, 0.15) is 5.75 Å². The lowest BCUT2D eigenvalue weighted by Crippen LogP contribution is -2.03. The van der Waals surface area contributed by atoms with Crippen molar-refractivity contribution in [2.75, 3.05) is 6.61 Å². The van der Waals surface area contributed by atoms with Gasteiger partial charge in [-0.2, -0.15) is 0 Å². The number of phenols is 1. The Morgan fingerprint density at radius 3 is 2.70 bits per heavy atom. The highest BCUT2D eigenvalue weighted by Crippen LogP contribution is 2.29. The van der Waals surface area contributed by atoms with Crippen molar-refractivity contribution in [3.8, 4) is 5.75 Å². The number of rotatable bonds is 6. The van der Waals surface area contributed by atoms with Crippen LogP contribution in [0, 0.1) is 0 Å². The predicted octanol–water partition coefficient (Wildman–Crippen LogP) is 2.42. The molecule has 20 heavy (non-hydrogen) atoms. The molecule has 0 saturated heterocycles. The van der Waals surface area contributed by atoms with Crippen molar-refractivity contribution in [1.82, 2.24) is 0 Å². The van der Waals surface area contributed by atoms with Gasteiger partial charge in [0.15, 0.2) is 0 Å². The second kappa shape index (κ2) is 8.25. The molecule has 0 aliphatic heterocycles. The molecule has 0 amide bonds. The molecule has 1 aromatic rings. The number of benzene rings is 1. The minimum Gasteiger partial charge on any atom is -0.508 e. The molecule has 0 fully saturated rings. The lowest BCUT2D eigenvalue weighted by Gasteiger charge is -2.10. The average Bonchev–Trinajstić information content (AvgIpc) is 2.39. The van der Waals surface area contributed by atoms with Gasteiger partial charge in [0, 0.05) is 22.9 Å². The zero-order valence-corrected chi connectivity index (χ0v) is 12.8. The largest absolute Gasteiger partial charge is 0.508 e. The monoisotopic (exact) mass is 342 g/mol. The quantitative estimate of drug-likeness (QED) is 0.598. The van der Waals surface area contributed by atoms with Gasteiger partial charge in [-0.05, 0) is 36.8 Å². The Balaban J connectivity index is 2.77. The third-order valence-corrected chi connectivity index (χ3v) is 3.22. The fraction of sp³-hybridized carbons (Fsp3) is 0.400. The van der Waals surface area contributed by atoms with Crippen LogP contribution in [0.1, 0.15) is 31.4 Å². The molecule has 0 aromatic heterocycles. The Hall–Kier alpha value is -1.10. The van der Waals surface area contributed by atoms with E-state index in [1.165, 1.54) is 6.07 Å². The maximum absolute atomic E-state index is 10.0. The van der Waals surface area contributed by atoms with E-state index in [1.807, 2.05) is 0 Å². The van der Waals surface area contributed by atoms with E-state index in [0.29, 0.717) is 17.6 Å². The summed E-state index contributed by atoms with van der Waals surface area (Å²) < 4.78 is 0.772. The molecule has 0 bridgehead atoms. The van der Waals surface area contributed by atoms with Crippen LogP contribution in [-0.4, -0.2) is 33.1 Å². The van der Waals surface area contributed by atoms with Crippen LogP contribution in [0.2, 0.25) is 0 Å². The average molecular weight is 343 g/mol. The smallest absolute Gasteiger partial charge is 0.121 e. The van der Waals surface area contributed by atoms with Gasteiger partial charge in [-0.25, -0.2) is 0 Å². The van der Waals surface area contributed by atoms with Crippen molar-refractivity contribution >= 4 is 15.9 Å². The zero-order valence-electron chi connectivity index (χ0n) is 11.3. The number of phenolic OH excluding ortho intramolecular Hbond substituents is 1. The van der Waals surface area contributed by atoms with E-state index in [9.17, 15) is 15.3 Å². The molecular formula is C15H19BrO4. The van der Waals surface area contributed by atoms with E-state index in [2.05, 4.69) is 21.7 Å². The first-order chi connectivity index (χ1) is 9.43. The number of hydrogen-bond acceptors (Lipinski definition) is 4. The number of hydrogen-bond donors (Lipinski definition) is 4. The van der Waals surface area contributed by atoms with Crippen molar-refractivity contribution < 1.29 is 20.4 Å². The van der Waals surface area contributed by atoms with E-state index >= 15 is 0 Å². The third-order valence-electron chi connectivity index (χ3n) is 2.73. The van der Waals surface area contributed by atoms with Gasteiger partial charge in [-0.15, -0.1) is 5.73 Å². The van der Waals surface area contributed by atoms with Crippen LogP contribution in [0.3, 0.4) is 0 Å². The Kier molecular flexibility index (Phi) is 6.99. The van der Waals surface area contributed by atoms with Gasteiger partial charge in [0.05, 0.1) is 18.8 Å². The molecular weight excluding hydrogens is 324 g/mol. The van der Waals surface area contributed by atoms with Gasteiger partial charge in [0.25, 0.3) is 0 Å². The van der Waals surface area contributed by atoms with Crippen LogP contribution in [-0.2, 0) is 0 Å². The van der Waals surface area contributed by atoms with Crippen LogP contribution in [0.5, 0.6) is 5.75 Å². The normalized spacial score (nSPS) is 13.4. The highest BCUT2D eigenvalue weighted by Gasteiger charge is 2.11. The topological polar surface area (TPSA) is 80.9 Å². The molecule has 0 aliphatic carbocycles. The molecule has 1 rings (SSSR count). The summed E-state index contributed by atoms with van der Waals surface area (Å²) in [4.78, 5) is 0. The Bertz CT molecular complexity index is 505. The first-order valence-electron chi connectivity index (χ1n) is 6.32. The fourth-order valence-electron chi connectivity index (χ4n) is 1.76. The zero-order chi connectivity index (χ0) is 15.1. The molecule has 4 nitrogen and oxygen atoms in total. The molecule has 4 N–H and O–H groups in total. The van der Waals surface area contributed by atoms with Gasteiger partial charge in [0.2, 0.25) is 0 Å². The lowest BCUT2D eigenvalue weighted by atomic mass is 10.0. The molecule has 0 heterocycles. The van der Waals surface area contributed by atoms with Gasteiger partial charge in [-0.3, -0.25) is 0 Å². The van der Waals surface area contributed by atoms with Crippen molar-refractivity contribution in [1.29, 1.82) is 0 Å². The molecule has 0 aliphatic rings. The summed E-state index contributed by atoms with van der Waals surface area (Å²) in [7, 11) is 0. The Morgan fingerprint density at radius 2 is 2.10 bits per heavy atom. The summed E-state index contributed by atoms with van der Waals surface area (Å²) in [6.45, 7) is 1.45. The van der Waals surface area contributed by atoms with Crippen LogP contribution < -0.4 is 0 Å². The lowest BCUT2D eigenvalue weighted by molar-refractivity contribution is 0.177. The molecule has 0 radical (unpaired) electrons. The van der Waals surface area contributed by atoms with Gasteiger partial charge >= 0.3 is 0 Å². The third kappa shape index (κ3) is 5.49. The van der Waals surface area contributed by atoms with Crippen molar-refractivity contribution in [2.24, 2.45) is 0 Å². The fourth-order valence-corrected chi connectivity index (χ4v) is 2.14. The molecule has 0 spiro atoms. The van der Waals surface area contributed by atoms with Crippen LogP contribution >= 0.6 is 15.9 Å². The summed E-state index contributed by atoms with van der Waals surface area (Å²) in [5.74, 6) is 0.0319. The second-order valence-electron chi connectivity index (χ2n) is 4.62. The minimum atomic E-state index is -0.855. The molecule has 0 saturated carbocycles. The number of halogens is 1. The summed E-state index contributed by atoms with van der Waals surface area (Å²) in [5, 5.41) is 38.0. The minimum absolute atomic E-state index is 0.0319. The second-order valence-corrected chi connectivity index (χ2v) is 5.53. The van der Waals surface area contributed by atoms with Crippen molar-refractivity contribution in [3.63, 3.8) is 0 Å². The van der Waals surface area contributed by atoms with Crippen LogP contribution in [0.25, 0.3) is 0 Å². The Labute approximate surface area is 126 Å². The molecule has 1 aromatic carbocycles. The van der Waals surface area contributed by atoms with E-state index in [0.717, 1.165) is 4.47 Å². The summed E-state index contributed by atoms with van der Waals surface area (Å²) in [5.41, 5.74) is 3.87. The van der Waals surface area contributed by atoms with E-state index in [4.69, 9.17) is 5.11 Å². The molecule has 0 unspecified atom stereocenters. The number of aliphatic hydroxyl groups is 3. The summed E-state index contributed by atoms with van der Waals surface area (Å²) in [6.07, 6.45) is 0.793. The van der Waals surface area contributed by atoms with Gasteiger partial charge in [-0.1, -0.05) is 15.9 Å². The van der Waals surface area contributed by atoms with Crippen LogP contribution in [0.4, 0.5) is 0 Å². The maximum Gasteiger partial charge on any atom is 0.121 e. The molecule has 2 atom stereocenters. The Morgan fingerprint density at radius 1 is 1.40 bits per heavy atom. The van der Waals surface area contributed by atoms with Crippen molar-refractivity contribution in [3.05, 3.63) is 45.6 Å². The summed E-state index contributed by atoms with van der Waals surface area (Å²) >= 11 is 3.28. The number of aromatic hydroxyl groups is 1. The predicted molar refractivity (Wildman–Crippen MR) is 80.4 cm³/mol. The molecule has 110 valence electrons. The number of aliphatic hydroxyl groups excluding tert-OH is 3. The highest BCUT2D eigenvalue weighted by molar-refractivity contribution is 9.10. The standard InChI is InChI=1S/C15H19BrO4/c1-10(18)7-11(9-17)3-2-4-14(19)13-8-12(16)5-6-15(13)20/h2,5-6,8,10,14,17-20H,4,7,9H2,1H3/t3?,10-,14+/m0/s1. The van der Waals surface area contributed by atoms with E-state index in [1.54, 1.807) is 25.1 Å². The van der Waals surface area contributed by atoms with Gasteiger partial charge < -0.3 is 20.4 Å². The van der Waals surface area contributed by atoms with Crippen molar-refractivity contribution in [2.45, 2.75) is 32.0 Å². The van der Waals surface area contributed by atoms with E-state index in [-0.39, 0.29) is 18.8 Å². The maximum atomic E-state index is 10.0. The summed E-state index contributed by atoms with van der Waals surface area (Å²) in [6, 6.07) is 4.85. The first-order valence-corrected chi connectivity index (χ1v) is 7.11. The first kappa shape index (κ1) is 17.0. The SMILES string of the molecule is C[C@H](O)CC(=C=CC[C@@H](O)c1cc(Br)ccc1O)CO. The molecule has 5 heteroatoms. The van der Waals surface area contributed by atoms with Crippen LogP contribution in [0.15, 0.2) is 40.1 Å². The highest BCUT2D eigenvalue weighted by atomic mass is 79.9. The van der Waals surface area contributed by atoms with E-state index < -0.39 is 12.2 Å².